The maximum atomic E-state index is 5.08. The maximum Gasteiger partial charge on any atom is 0.0716 e. The van der Waals surface area contributed by atoms with Crippen molar-refractivity contribution in [3.05, 3.63) is 225 Å². The number of rotatable bonds is 7. The summed E-state index contributed by atoms with van der Waals surface area (Å²) in [5, 5.41) is 4.92. The molecule has 0 fully saturated rings. The van der Waals surface area contributed by atoms with E-state index in [2.05, 4.69) is 195 Å². The molecule has 5 heterocycles. The zero-order valence-electron chi connectivity index (χ0n) is 33.6. The van der Waals surface area contributed by atoms with Crippen LogP contribution >= 0.6 is 0 Å². The summed E-state index contributed by atoms with van der Waals surface area (Å²) in [6.45, 7) is 0. The quantitative estimate of drug-likeness (QED) is 0.162. The first-order valence-electron chi connectivity index (χ1n) is 20.9. The Balaban J connectivity index is 1.06. The zero-order valence-corrected chi connectivity index (χ0v) is 33.6. The van der Waals surface area contributed by atoms with Gasteiger partial charge in [0.1, 0.15) is 0 Å². The van der Waals surface area contributed by atoms with E-state index >= 15 is 0 Å². The largest absolute Gasteiger partial charge is 0.309 e. The summed E-state index contributed by atoms with van der Waals surface area (Å²) in [6, 6.07) is 72.1. The van der Waals surface area contributed by atoms with E-state index < -0.39 is 0 Å². The van der Waals surface area contributed by atoms with Crippen molar-refractivity contribution >= 4 is 43.6 Å². The van der Waals surface area contributed by atoms with Crippen LogP contribution in [0.15, 0.2) is 225 Å². The fraction of sp³-hybridized carbons (Fsp3) is 0. The Hall–Kier alpha value is -8.41. The lowest BCUT2D eigenvalue weighted by Crippen LogP contribution is -2.00. The molecule has 5 nitrogen and oxygen atoms in total. The van der Waals surface area contributed by atoms with Gasteiger partial charge in [-0.3, -0.25) is 9.97 Å². The fourth-order valence-electron chi connectivity index (χ4n) is 9.18. The fourth-order valence-corrected chi connectivity index (χ4v) is 9.18. The van der Waals surface area contributed by atoms with Crippen LogP contribution in [0.25, 0.3) is 111 Å². The highest BCUT2D eigenvalue weighted by atomic mass is 15.0. The van der Waals surface area contributed by atoms with Crippen molar-refractivity contribution < 1.29 is 0 Å². The molecule has 0 N–H and O–H groups in total. The molecule has 12 aromatic rings. The third kappa shape index (κ3) is 6.06. The lowest BCUT2D eigenvalue weighted by atomic mass is 9.97. The third-order valence-corrected chi connectivity index (χ3v) is 12.1. The predicted molar refractivity (Wildman–Crippen MR) is 256 cm³/mol. The molecule has 0 amide bonds. The molecule has 290 valence electrons. The number of aromatic nitrogens is 5. The molecule has 0 spiro atoms. The molecule has 0 bridgehead atoms. The van der Waals surface area contributed by atoms with E-state index in [1.807, 2.05) is 49.1 Å². The van der Waals surface area contributed by atoms with Crippen LogP contribution in [0.4, 0.5) is 0 Å². The highest BCUT2D eigenvalue weighted by molar-refractivity contribution is 6.11. The number of nitrogens with zero attached hydrogens (tertiary/aromatic N) is 5. The van der Waals surface area contributed by atoms with Crippen molar-refractivity contribution in [3.63, 3.8) is 0 Å². The zero-order chi connectivity index (χ0) is 41.0. The van der Waals surface area contributed by atoms with E-state index in [0.29, 0.717) is 0 Å². The molecular weight excluding hydrogens is 755 g/mol. The molecule has 0 atom stereocenters. The number of pyridine rings is 3. The average molecular weight is 792 g/mol. The molecule has 5 heteroatoms. The van der Waals surface area contributed by atoms with Gasteiger partial charge >= 0.3 is 0 Å². The Morgan fingerprint density at radius 2 is 0.661 bits per heavy atom. The van der Waals surface area contributed by atoms with Crippen LogP contribution in [-0.2, 0) is 0 Å². The van der Waals surface area contributed by atoms with Gasteiger partial charge in [-0.25, -0.2) is 4.98 Å². The van der Waals surface area contributed by atoms with E-state index in [1.165, 1.54) is 54.7 Å². The second-order valence-electron chi connectivity index (χ2n) is 15.7. The van der Waals surface area contributed by atoms with Crippen molar-refractivity contribution in [2.45, 2.75) is 0 Å². The Morgan fingerprint density at radius 1 is 0.258 bits per heavy atom. The van der Waals surface area contributed by atoms with Gasteiger partial charge in [-0.2, -0.15) is 0 Å². The number of hydrogen-bond acceptors (Lipinski definition) is 3. The first kappa shape index (κ1) is 35.5. The van der Waals surface area contributed by atoms with Crippen molar-refractivity contribution in [1.29, 1.82) is 0 Å². The number of fused-ring (bicyclic) bond motifs is 6. The van der Waals surface area contributed by atoms with E-state index in [1.54, 1.807) is 0 Å². The van der Waals surface area contributed by atoms with E-state index in [-0.39, 0.29) is 0 Å². The highest BCUT2D eigenvalue weighted by Crippen LogP contribution is 2.40. The summed E-state index contributed by atoms with van der Waals surface area (Å²) in [7, 11) is 0. The van der Waals surface area contributed by atoms with E-state index in [9.17, 15) is 0 Å². The molecule has 0 unspecified atom stereocenters. The van der Waals surface area contributed by atoms with Gasteiger partial charge in [0.15, 0.2) is 0 Å². The second kappa shape index (κ2) is 14.7. The van der Waals surface area contributed by atoms with Gasteiger partial charge in [0.25, 0.3) is 0 Å². The first-order chi connectivity index (χ1) is 30.7. The van der Waals surface area contributed by atoms with Crippen molar-refractivity contribution in [2.24, 2.45) is 0 Å². The summed E-state index contributed by atoms with van der Waals surface area (Å²) in [4.78, 5) is 13.6. The highest BCUT2D eigenvalue weighted by Gasteiger charge is 2.18. The van der Waals surface area contributed by atoms with Crippen LogP contribution in [0.5, 0.6) is 0 Å². The number of para-hydroxylation sites is 3. The number of benzene rings is 7. The standard InChI is InChI=1S/C57H37N5/c1-2-10-38(11-3-1)43-22-23-57-51(34-43)50-14-6-9-17-56(50)62(57)47-33-44(32-46(37-47)61-54-15-7-4-12-48(54)49-13-5-8-16-55(49)61)39-18-20-40(21-19-39)45-35-52(41-24-28-58-29-25-41)60-53(36-45)42-26-30-59-31-27-42/h1-37H. The normalized spacial score (nSPS) is 11.5. The van der Waals surface area contributed by atoms with E-state index in [0.717, 1.165) is 56.1 Å². The minimum atomic E-state index is 0.895. The van der Waals surface area contributed by atoms with Crippen LogP contribution < -0.4 is 0 Å². The predicted octanol–water partition coefficient (Wildman–Crippen LogP) is 14.4. The van der Waals surface area contributed by atoms with Crippen LogP contribution in [0.2, 0.25) is 0 Å². The van der Waals surface area contributed by atoms with Crippen LogP contribution in [0, 0.1) is 0 Å². The van der Waals surface area contributed by atoms with Crippen LogP contribution in [0.1, 0.15) is 0 Å². The topological polar surface area (TPSA) is 48.5 Å². The minimum Gasteiger partial charge on any atom is -0.309 e. The lowest BCUT2D eigenvalue weighted by Gasteiger charge is -2.16. The van der Waals surface area contributed by atoms with Crippen molar-refractivity contribution in [3.8, 4) is 67.3 Å². The van der Waals surface area contributed by atoms with E-state index in [4.69, 9.17) is 4.98 Å². The van der Waals surface area contributed by atoms with Gasteiger partial charge in [0, 0.05) is 68.8 Å². The summed E-state index contributed by atoms with van der Waals surface area (Å²) in [5.74, 6) is 0. The third-order valence-electron chi connectivity index (χ3n) is 12.1. The number of hydrogen-bond donors (Lipinski definition) is 0. The molecule has 0 saturated heterocycles. The molecule has 0 aliphatic heterocycles. The molecule has 0 aliphatic carbocycles. The Bertz CT molecular complexity index is 3500. The van der Waals surface area contributed by atoms with Gasteiger partial charge < -0.3 is 9.13 Å². The molecule has 62 heavy (non-hydrogen) atoms. The van der Waals surface area contributed by atoms with Gasteiger partial charge in [-0.15, -0.1) is 0 Å². The summed E-state index contributed by atoms with van der Waals surface area (Å²) in [6.07, 6.45) is 7.25. The molecule has 0 saturated carbocycles. The summed E-state index contributed by atoms with van der Waals surface area (Å²) >= 11 is 0. The summed E-state index contributed by atoms with van der Waals surface area (Å²) in [5.41, 5.74) is 17.6. The van der Waals surface area contributed by atoms with Crippen LogP contribution in [-0.4, -0.2) is 24.1 Å². The first-order valence-corrected chi connectivity index (χ1v) is 20.9. The minimum absolute atomic E-state index is 0.895. The Kier molecular flexibility index (Phi) is 8.42. The Morgan fingerprint density at radius 3 is 1.18 bits per heavy atom. The van der Waals surface area contributed by atoms with Crippen molar-refractivity contribution in [1.82, 2.24) is 24.1 Å². The molecule has 0 aliphatic rings. The second-order valence-corrected chi connectivity index (χ2v) is 15.7. The maximum absolute atomic E-state index is 5.08. The molecule has 12 rings (SSSR count). The van der Waals surface area contributed by atoms with Crippen molar-refractivity contribution in [2.75, 3.05) is 0 Å². The van der Waals surface area contributed by atoms with Gasteiger partial charge in [0.05, 0.1) is 33.5 Å². The summed E-state index contributed by atoms with van der Waals surface area (Å²) < 4.78 is 4.86. The lowest BCUT2D eigenvalue weighted by molar-refractivity contribution is 1.13. The van der Waals surface area contributed by atoms with Gasteiger partial charge in [-0.05, 0) is 118 Å². The van der Waals surface area contributed by atoms with Crippen LogP contribution in [0.3, 0.4) is 0 Å². The average Bonchev–Trinajstić information content (AvgIpc) is 3.87. The molecule has 0 radical (unpaired) electrons. The monoisotopic (exact) mass is 791 g/mol. The molecular formula is C57H37N5. The van der Waals surface area contributed by atoms with Gasteiger partial charge in [0.2, 0.25) is 0 Å². The molecule has 5 aromatic heterocycles. The molecule has 7 aromatic carbocycles. The SMILES string of the molecule is c1ccc(-c2ccc3c(c2)c2ccccc2n3-c2cc(-c3ccc(-c4cc(-c5ccncc5)nc(-c5ccncc5)c4)cc3)cc(-n3c4ccccc4c4ccccc43)c2)cc1. The smallest absolute Gasteiger partial charge is 0.0716 e. The Labute approximate surface area is 358 Å². The van der Waals surface area contributed by atoms with Gasteiger partial charge in [-0.1, -0.05) is 115 Å².